The number of aliphatic hydroxyl groups excluding tert-OH is 1. The van der Waals surface area contributed by atoms with Gasteiger partial charge >= 0.3 is 5.69 Å². The molecule has 0 bridgehead atoms. The van der Waals surface area contributed by atoms with E-state index >= 15 is 0 Å². The summed E-state index contributed by atoms with van der Waals surface area (Å²) in [7, 11) is 0. The number of carbonyl (C=O) groups excluding carboxylic acids is 1. The van der Waals surface area contributed by atoms with Gasteiger partial charge in [-0.05, 0) is 6.08 Å². The van der Waals surface area contributed by atoms with Gasteiger partial charge in [0.05, 0.1) is 6.61 Å². The van der Waals surface area contributed by atoms with Crippen LogP contribution in [0.3, 0.4) is 0 Å². The molecule has 1 aliphatic heterocycles. The number of nitrogens with zero attached hydrogens (tertiary/aromatic N) is 2. The lowest BCUT2D eigenvalue weighted by atomic mass is 10.3. The van der Waals surface area contributed by atoms with Crippen LogP contribution >= 0.6 is 0 Å². The third kappa shape index (κ3) is 2.46. The number of aromatic nitrogens is 2. The second kappa shape index (κ2) is 5.16. The van der Waals surface area contributed by atoms with E-state index in [2.05, 4.69) is 10.3 Å². The minimum atomic E-state index is -1.33. The lowest BCUT2D eigenvalue weighted by Crippen LogP contribution is -2.30. The number of ether oxygens (including phenoxy) is 1. The van der Waals surface area contributed by atoms with Gasteiger partial charge in [0.15, 0.2) is 12.0 Å². The van der Waals surface area contributed by atoms with E-state index in [4.69, 9.17) is 15.6 Å². The maximum Gasteiger partial charge on any atom is 0.352 e. The second-order valence-corrected chi connectivity index (χ2v) is 3.75. The van der Waals surface area contributed by atoms with Crippen LogP contribution in [0.5, 0.6) is 0 Å². The largest absolute Gasteiger partial charge is 0.393 e. The molecular weight excluding hydrogens is 259 g/mol. The van der Waals surface area contributed by atoms with Crippen molar-refractivity contribution in [3.8, 4) is 0 Å². The van der Waals surface area contributed by atoms with Crippen LogP contribution < -0.4 is 16.7 Å². The Bertz CT molecular complexity index is 585. The van der Waals surface area contributed by atoms with Crippen LogP contribution in [0.2, 0.25) is 0 Å². The number of nitrogens with two attached hydrogens (primary N) is 1. The van der Waals surface area contributed by atoms with Crippen molar-refractivity contribution in [2.24, 2.45) is 0 Å². The van der Waals surface area contributed by atoms with Crippen molar-refractivity contribution in [1.82, 2.24) is 9.55 Å². The van der Waals surface area contributed by atoms with Crippen molar-refractivity contribution < 1.29 is 19.0 Å². The second-order valence-electron chi connectivity index (χ2n) is 3.75. The molecule has 0 saturated carbocycles. The summed E-state index contributed by atoms with van der Waals surface area (Å²) in [5.74, 6) is -0.917. The Balaban J connectivity index is 2.40. The van der Waals surface area contributed by atoms with Gasteiger partial charge in [0.25, 0.3) is 0 Å². The van der Waals surface area contributed by atoms with E-state index in [9.17, 15) is 14.0 Å². The Morgan fingerprint density at radius 3 is 3.00 bits per heavy atom. The standard InChI is InChI=1S/C10H11FN4O4/c11-6-1-5(3-16)19-9(6)15-2-7(13-4-17)8(12)14-10(15)18/h1-2,4-5,9,16H,3H2,(H,13,17)(H2,12,14,18)/t5-,9+/m0/s1. The number of halogens is 1. The Morgan fingerprint density at radius 2 is 2.42 bits per heavy atom. The highest BCUT2D eigenvalue weighted by Gasteiger charge is 2.30. The zero-order chi connectivity index (χ0) is 14.0. The predicted molar refractivity (Wildman–Crippen MR) is 62.8 cm³/mol. The van der Waals surface area contributed by atoms with E-state index in [1.165, 1.54) is 0 Å². The van der Waals surface area contributed by atoms with Crippen LogP contribution in [0.1, 0.15) is 6.23 Å². The van der Waals surface area contributed by atoms with Gasteiger partial charge in [-0.3, -0.25) is 9.36 Å². The fraction of sp³-hybridized carbons (Fsp3) is 0.300. The number of carbonyl (C=O) groups is 1. The Kier molecular flexibility index (Phi) is 3.58. The molecule has 1 aromatic heterocycles. The highest BCUT2D eigenvalue weighted by atomic mass is 19.1. The molecule has 0 fully saturated rings. The molecule has 19 heavy (non-hydrogen) atoms. The van der Waals surface area contributed by atoms with Crippen LogP contribution in [0.15, 0.2) is 22.9 Å². The number of anilines is 2. The maximum absolute atomic E-state index is 13.6. The summed E-state index contributed by atoms with van der Waals surface area (Å²) in [4.78, 5) is 25.5. The smallest absolute Gasteiger partial charge is 0.352 e. The van der Waals surface area contributed by atoms with E-state index < -0.39 is 30.5 Å². The van der Waals surface area contributed by atoms with Crippen LogP contribution in [0, 0.1) is 0 Å². The van der Waals surface area contributed by atoms with Crippen molar-refractivity contribution in [3.63, 3.8) is 0 Å². The van der Waals surface area contributed by atoms with E-state index in [-0.39, 0.29) is 11.5 Å². The highest BCUT2D eigenvalue weighted by Crippen LogP contribution is 2.29. The summed E-state index contributed by atoms with van der Waals surface area (Å²) in [6.07, 6.45) is 0.360. The molecule has 2 rings (SSSR count). The molecule has 1 aliphatic rings. The van der Waals surface area contributed by atoms with Crippen molar-refractivity contribution >= 4 is 17.9 Å². The van der Waals surface area contributed by atoms with Crippen molar-refractivity contribution in [1.29, 1.82) is 0 Å². The molecule has 0 radical (unpaired) electrons. The monoisotopic (exact) mass is 270 g/mol. The van der Waals surface area contributed by atoms with Crippen molar-refractivity contribution in [2.45, 2.75) is 12.3 Å². The van der Waals surface area contributed by atoms with Gasteiger partial charge in [-0.1, -0.05) is 0 Å². The van der Waals surface area contributed by atoms with Crippen LogP contribution in [0.25, 0.3) is 0 Å². The summed E-state index contributed by atoms with van der Waals surface area (Å²) in [5.41, 5.74) is 4.65. The molecule has 9 heteroatoms. The fourth-order valence-corrected chi connectivity index (χ4v) is 1.65. The molecule has 0 aliphatic carbocycles. The van der Waals surface area contributed by atoms with Gasteiger partial charge < -0.3 is 20.9 Å². The SMILES string of the molecule is Nc1nc(=O)n([C@@H]2O[C@H](CO)C=C2F)cc1NC=O. The fourth-order valence-electron chi connectivity index (χ4n) is 1.65. The molecule has 2 heterocycles. The Morgan fingerprint density at radius 1 is 1.68 bits per heavy atom. The number of hydrogen-bond donors (Lipinski definition) is 3. The summed E-state index contributed by atoms with van der Waals surface area (Å²) in [6, 6.07) is 0. The molecule has 1 aromatic rings. The third-order valence-electron chi connectivity index (χ3n) is 2.51. The highest BCUT2D eigenvalue weighted by molar-refractivity contribution is 5.76. The molecule has 2 atom stereocenters. The molecule has 4 N–H and O–H groups in total. The van der Waals surface area contributed by atoms with Gasteiger partial charge in [-0.2, -0.15) is 4.98 Å². The van der Waals surface area contributed by atoms with Gasteiger partial charge in [0, 0.05) is 6.20 Å². The van der Waals surface area contributed by atoms with Gasteiger partial charge in [0.1, 0.15) is 17.6 Å². The maximum atomic E-state index is 13.6. The normalized spacial score (nSPS) is 22.1. The number of nitrogens with one attached hydrogen (secondary N) is 1. The Labute approximate surface area is 106 Å². The Hall–Kier alpha value is -2.26. The molecule has 0 unspecified atom stereocenters. The summed E-state index contributed by atoms with van der Waals surface area (Å²) in [6.45, 7) is -0.416. The first-order chi connectivity index (χ1) is 9.06. The summed E-state index contributed by atoms with van der Waals surface area (Å²) < 4.78 is 19.6. The van der Waals surface area contributed by atoms with Gasteiger partial charge in [-0.15, -0.1) is 0 Å². The molecule has 0 spiro atoms. The van der Waals surface area contributed by atoms with Crippen molar-refractivity contribution in [2.75, 3.05) is 17.7 Å². The summed E-state index contributed by atoms with van der Waals surface area (Å²) >= 11 is 0. The van der Waals surface area contributed by atoms with Crippen LogP contribution in [-0.2, 0) is 9.53 Å². The van der Waals surface area contributed by atoms with Crippen LogP contribution in [0.4, 0.5) is 15.9 Å². The minimum absolute atomic E-state index is 0.0541. The zero-order valence-electron chi connectivity index (χ0n) is 9.62. The average molecular weight is 270 g/mol. The molecular formula is C10H11FN4O4. The quantitative estimate of drug-likeness (QED) is 0.612. The molecule has 102 valence electrons. The average Bonchev–Trinajstić information content (AvgIpc) is 2.74. The van der Waals surface area contributed by atoms with Gasteiger partial charge in [-0.25, -0.2) is 9.18 Å². The topological polar surface area (TPSA) is 119 Å². The van der Waals surface area contributed by atoms with E-state index in [0.717, 1.165) is 16.8 Å². The molecule has 0 saturated heterocycles. The van der Waals surface area contributed by atoms with E-state index in [1.54, 1.807) is 0 Å². The van der Waals surface area contributed by atoms with E-state index in [0.29, 0.717) is 6.41 Å². The minimum Gasteiger partial charge on any atom is -0.393 e. The van der Waals surface area contributed by atoms with Gasteiger partial charge in [0.2, 0.25) is 6.41 Å². The molecule has 0 aromatic carbocycles. The number of nitrogen functional groups attached to an aromatic ring is 1. The lowest BCUT2D eigenvalue weighted by molar-refractivity contribution is -0.105. The first-order valence-corrected chi connectivity index (χ1v) is 5.29. The van der Waals surface area contributed by atoms with E-state index in [1.807, 2.05) is 0 Å². The number of amides is 1. The number of rotatable bonds is 4. The molecule has 8 nitrogen and oxygen atoms in total. The first-order valence-electron chi connectivity index (χ1n) is 5.29. The lowest BCUT2D eigenvalue weighted by Gasteiger charge is -2.16. The third-order valence-corrected chi connectivity index (χ3v) is 2.51. The molecule has 1 amide bonds. The zero-order valence-corrected chi connectivity index (χ0v) is 9.62. The van der Waals surface area contributed by atoms with Crippen LogP contribution in [-0.4, -0.2) is 33.8 Å². The number of hydrogen-bond acceptors (Lipinski definition) is 6. The first kappa shape index (κ1) is 13.2. The van der Waals surface area contributed by atoms with Crippen molar-refractivity contribution in [3.05, 3.63) is 28.6 Å². The summed E-state index contributed by atoms with van der Waals surface area (Å²) in [5, 5.41) is 11.1. The number of aliphatic hydroxyl groups is 1. The predicted octanol–water partition coefficient (Wildman–Crippen LogP) is -0.863.